The number of carboxylic acid groups (broad SMARTS) is 1. The molecule has 2 aromatic heterocycles. The van der Waals surface area contributed by atoms with Crippen molar-refractivity contribution in [3.05, 3.63) is 29.3 Å². The lowest BCUT2D eigenvalue weighted by Crippen LogP contribution is -2.20. The molecule has 0 radical (unpaired) electrons. The Morgan fingerprint density at radius 3 is 2.94 bits per heavy atom. The third kappa shape index (κ3) is 2.47. The minimum atomic E-state index is -1.11. The summed E-state index contributed by atoms with van der Waals surface area (Å²) in [6, 6.07) is 4.18. The van der Waals surface area contributed by atoms with E-state index in [4.69, 9.17) is 15.6 Å². The zero-order valence-corrected chi connectivity index (χ0v) is 10.3. The molecule has 3 N–H and O–H groups in total. The van der Waals surface area contributed by atoms with Crippen LogP contribution in [-0.2, 0) is 4.79 Å². The van der Waals surface area contributed by atoms with Crippen LogP contribution in [0.3, 0.4) is 0 Å². The average molecular weight is 265 g/mol. The van der Waals surface area contributed by atoms with Gasteiger partial charge in [0, 0.05) is 11.4 Å². The van der Waals surface area contributed by atoms with Crippen molar-refractivity contribution in [2.45, 2.75) is 6.04 Å². The van der Waals surface area contributed by atoms with E-state index in [1.165, 1.54) is 18.4 Å². The van der Waals surface area contributed by atoms with Crippen molar-refractivity contribution in [1.29, 1.82) is 0 Å². The van der Waals surface area contributed by atoms with Crippen LogP contribution in [0.5, 0.6) is 5.88 Å². The lowest BCUT2D eigenvalue weighted by molar-refractivity contribution is -0.138. The van der Waals surface area contributed by atoms with E-state index in [9.17, 15) is 4.79 Å². The number of thiazole rings is 1. The maximum Gasteiger partial charge on any atom is 0.326 e. The largest absolute Gasteiger partial charge is 0.481 e. The number of ether oxygens (including phenoxy) is 1. The van der Waals surface area contributed by atoms with E-state index >= 15 is 0 Å². The van der Waals surface area contributed by atoms with Crippen molar-refractivity contribution in [2.24, 2.45) is 5.73 Å². The van der Waals surface area contributed by atoms with Gasteiger partial charge in [-0.25, -0.2) is 9.97 Å². The van der Waals surface area contributed by atoms with Crippen LogP contribution in [0, 0.1) is 0 Å². The summed E-state index contributed by atoms with van der Waals surface area (Å²) < 4.78 is 5.02. The fourth-order valence-electron chi connectivity index (χ4n) is 1.32. The van der Waals surface area contributed by atoms with Gasteiger partial charge in [0.2, 0.25) is 5.88 Å². The summed E-state index contributed by atoms with van der Waals surface area (Å²) in [6.45, 7) is 0. The molecule has 7 heteroatoms. The number of aliphatic carboxylic acids is 1. The third-order valence-electron chi connectivity index (χ3n) is 2.26. The number of aromatic nitrogens is 2. The second-order valence-corrected chi connectivity index (χ2v) is 4.32. The van der Waals surface area contributed by atoms with E-state index < -0.39 is 12.0 Å². The van der Waals surface area contributed by atoms with Gasteiger partial charge in [-0.15, -0.1) is 11.3 Å². The molecule has 0 spiro atoms. The maximum absolute atomic E-state index is 10.7. The fraction of sp³-hybridized carbons (Fsp3) is 0.182. The van der Waals surface area contributed by atoms with Gasteiger partial charge in [-0.1, -0.05) is 6.07 Å². The summed E-state index contributed by atoms with van der Waals surface area (Å²) >= 11 is 1.30. The van der Waals surface area contributed by atoms with Crippen LogP contribution in [0.15, 0.2) is 23.6 Å². The van der Waals surface area contributed by atoms with E-state index in [1.54, 1.807) is 23.6 Å². The molecule has 0 bridgehead atoms. The summed E-state index contributed by atoms with van der Waals surface area (Å²) in [6.07, 6.45) is 0. The first-order valence-corrected chi connectivity index (χ1v) is 5.95. The minimum Gasteiger partial charge on any atom is -0.481 e. The second-order valence-electron chi connectivity index (χ2n) is 3.46. The number of pyridine rings is 1. The number of nitrogens with zero attached hydrogens (tertiary/aromatic N) is 2. The van der Waals surface area contributed by atoms with Crippen LogP contribution < -0.4 is 10.5 Å². The number of carbonyl (C=O) groups is 1. The average Bonchev–Trinajstić information content (AvgIpc) is 2.87. The molecule has 2 rings (SSSR count). The number of rotatable bonds is 4. The summed E-state index contributed by atoms with van der Waals surface area (Å²) in [5.74, 6) is -0.628. The summed E-state index contributed by atoms with van der Waals surface area (Å²) in [5, 5.41) is 11.0. The maximum atomic E-state index is 10.7. The van der Waals surface area contributed by atoms with Crippen LogP contribution in [0.1, 0.15) is 11.7 Å². The normalized spacial score (nSPS) is 12.1. The quantitative estimate of drug-likeness (QED) is 0.864. The molecule has 2 heterocycles. The Morgan fingerprint density at radius 1 is 1.50 bits per heavy atom. The number of methoxy groups -OCH3 is 1. The van der Waals surface area contributed by atoms with Gasteiger partial charge in [0.05, 0.1) is 12.8 Å². The van der Waals surface area contributed by atoms with Crippen LogP contribution >= 0.6 is 11.3 Å². The molecule has 0 saturated heterocycles. The van der Waals surface area contributed by atoms with Gasteiger partial charge in [-0.2, -0.15) is 0 Å². The predicted octanol–water partition coefficient (Wildman–Crippen LogP) is 1.30. The van der Waals surface area contributed by atoms with Crippen LogP contribution in [0.4, 0.5) is 0 Å². The molecule has 0 aromatic carbocycles. The van der Waals surface area contributed by atoms with Crippen molar-refractivity contribution >= 4 is 17.3 Å². The highest BCUT2D eigenvalue weighted by Crippen LogP contribution is 2.25. The number of hydrogen-bond donors (Lipinski definition) is 2. The van der Waals surface area contributed by atoms with Gasteiger partial charge in [0.25, 0.3) is 0 Å². The highest BCUT2D eigenvalue weighted by Gasteiger charge is 2.18. The van der Waals surface area contributed by atoms with E-state index in [0.717, 1.165) is 0 Å². The molecule has 94 valence electrons. The number of carboxylic acids is 1. The van der Waals surface area contributed by atoms with Crippen LogP contribution in [0.25, 0.3) is 10.7 Å². The SMILES string of the molecule is COc1cccc(-c2nc(C(N)C(=O)O)cs2)n1. The van der Waals surface area contributed by atoms with Crippen molar-refractivity contribution in [3.8, 4) is 16.6 Å². The predicted molar refractivity (Wildman–Crippen MR) is 66.5 cm³/mol. The first kappa shape index (κ1) is 12.5. The van der Waals surface area contributed by atoms with Gasteiger partial charge in [0.1, 0.15) is 16.7 Å². The molecule has 0 fully saturated rings. The van der Waals surface area contributed by atoms with E-state index in [1.807, 2.05) is 0 Å². The lowest BCUT2D eigenvalue weighted by atomic mass is 10.2. The topological polar surface area (TPSA) is 98.3 Å². The Bertz CT molecular complexity index is 570. The van der Waals surface area contributed by atoms with Crippen LogP contribution in [0.2, 0.25) is 0 Å². The molecule has 2 aromatic rings. The Labute approximate surface area is 107 Å². The van der Waals surface area contributed by atoms with Gasteiger partial charge in [-0.3, -0.25) is 4.79 Å². The summed E-state index contributed by atoms with van der Waals surface area (Å²) in [7, 11) is 1.53. The summed E-state index contributed by atoms with van der Waals surface area (Å²) in [5.41, 5.74) is 6.44. The van der Waals surface area contributed by atoms with Gasteiger partial charge in [0.15, 0.2) is 0 Å². The van der Waals surface area contributed by atoms with Gasteiger partial charge < -0.3 is 15.6 Å². The zero-order valence-electron chi connectivity index (χ0n) is 9.53. The first-order valence-electron chi connectivity index (χ1n) is 5.07. The molecule has 6 nitrogen and oxygen atoms in total. The molecule has 0 saturated carbocycles. The second kappa shape index (κ2) is 5.11. The van der Waals surface area contributed by atoms with Gasteiger partial charge >= 0.3 is 5.97 Å². The molecule has 1 atom stereocenters. The zero-order chi connectivity index (χ0) is 13.1. The van der Waals surface area contributed by atoms with Crippen molar-refractivity contribution in [3.63, 3.8) is 0 Å². The molecule has 1 unspecified atom stereocenters. The van der Waals surface area contributed by atoms with E-state index in [2.05, 4.69) is 9.97 Å². The Kier molecular flexibility index (Phi) is 3.54. The molecule has 0 aliphatic carbocycles. The van der Waals surface area contributed by atoms with E-state index in [-0.39, 0.29) is 0 Å². The van der Waals surface area contributed by atoms with E-state index in [0.29, 0.717) is 22.3 Å². The smallest absolute Gasteiger partial charge is 0.326 e. The van der Waals surface area contributed by atoms with Crippen molar-refractivity contribution < 1.29 is 14.6 Å². The molecule has 0 amide bonds. The van der Waals surface area contributed by atoms with Crippen LogP contribution in [-0.4, -0.2) is 28.2 Å². The first-order chi connectivity index (χ1) is 8.61. The molecule has 0 aliphatic heterocycles. The third-order valence-corrected chi connectivity index (χ3v) is 3.14. The molecule has 0 aliphatic rings. The number of nitrogens with two attached hydrogens (primary N) is 1. The minimum absolute atomic E-state index is 0.326. The fourth-order valence-corrected chi connectivity index (χ4v) is 2.15. The van der Waals surface area contributed by atoms with Crippen molar-refractivity contribution in [2.75, 3.05) is 7.11 Å². The molecular formula is C11H11N3O3S. The highest BCUT2D eigenvalue weighted by atomic mass is 32.1. The van der Waals surface area contributed by atoms with Crippen molar-refractivity contribution in [1.82, 2.24) is 9.97 Å². The lowest BCUT2D eigenvalue weighted by Gasteiger charge is -2.01. The molecular weight excluding hydrogens is 254 g/mol. The summed E-state index contributed by atoms with van der Waals surface area (Å²) in [4.78, 5) is 19.1. The molecule has 18 heavy (non-hydrogen) atoms. The monoisotopic (exact) mass is 265 g/mol. The Balaban J connectivity index is 2.31. The highest BCUT2D eigenvalue weighted by molar-refractivity contribution is 7.13. The van der Waals surface area contributed by atoms with Gasteiger partial charge in [-0.05, 0) is 6.07 Å². The Hall–Kier alpha value is -1.99. The standard InChI is InChI=1S/C11H11N3O3S/c1-17-8-4-2-3-6(13-8)10-14-7(5-18-10)9(12)11(15)16/h2-5,9H,12H2,1H3,(H,15,16). The number of hydrogen-bond acceptors (Lipinski definition) is 6. The Morgan fingerprint density at radius 2 is 2.28 bits per heavy atom.